The van der Waals surface area contributed by atoms with Crippen LogP contribution in [0.2, 0.25) is 5.02 Å². The second kappa shape index (κ2) is 10.2. The fraction of sp³-hybridized carbons (Fsp3) is 0.0800. The number of thioether (sulfide) groups is 1. The maximum atomic E-state index is 12.9. The van der Waals surface area contributed by atoms with Crippen molar-refractivity contribution in [2.45, 2.75) is 6.92 Å². The number of benzene rings is 3. The first-order valence-corrected chi connectivity index (χ1v) is 11.6. The van der Waals surface area contributed by atoms with Gasteiger partial charge in [0.05, 0.1) is 10.6 Å². The summed E-state index contributed by atoms with van der Waals surface area (Å²) in [5.74, 6) is 0.105. The highest BCUT2D eigenvalue weighted by molar-refractivity contribution is 8.27. The number of carbonyl (C=O) groups excluding carboxylic acids is 2. The van der Waals surface area contributed by atoms with E-state index >= 15 is 0 Å². The van der Waals surface area contributed by atoms with Gasteiger partial charge in [-0.2, -0.15) is 0 Å². The van der Waals surface area contributed by atoms with Gasteiger partial charge in [0.2, 0.25) is 0 Å². The van der Waals surface area contributed by atoms with Gasteiger partial charge in [-0.05, 0) is 61.0 Å². The smallest absolute Gasteiger partial charge is 0.270 e. The van der Waals surface area contributed by atoms with Crippen molar-refractivity contribution in [2.75, 3.05) is 16.8 Å². The van der Waals surface area contributed by atoms with E-state index < -0.39 is 0 Å². The predicted molar refractivity (Wildman–Crippen MR) is 139 cm³/mol. The van der Waals surface area contributed by atoms with Crippen LogP contribution in [-0.2, 0) is 9.59 Å². The van der Waals surface area contributed by atoms with Gasteiger partial charge in [-0.3, -0.25) is 14.5 Å². The van der Waals surface area contributed by atoms with Gasteiger partial charge in [0.1, 0.15) is 5.75 Å². The number of ether oxygens (including phenoxy) is 1. The number of halogens is 1. The topological polar surface area (TPSA) is 58.6 Å². The van der Waals surface area contributed by atoms with Crippen LogP contribution in [0.1, 0.15) is 11.1 Å². The molecule has 1 saturated heterocycles. The first-order chi connectivity index (χ1) is 15.9. The maximum Gasteiger partial charge on any atom is 0.270 e. The molecular weight excluding hydrogens is 476 g/mol. The van der Waals surface area contributed by atoms with Gasteiger partial charge in [-0.15, -0.1) is 0 Å². The molecule has 5 nitrogen and oxygen atoms in total. The van der Waals surface area contributed by atoms with Gasteiger partial charge in [0, 0.05) is 10.7 Å². The molecule has 1 fully saturated rings. The molecule has 3 aromatic carbocycles. The first kappa shape index (κ1) is 23.0. The zero-order valence-corrected chi connectivity index (χ0v) is 20.0. The lowest BCUT2D eigenvalue weighted by atomic mass is 10.2. The summed E-state index contributed by atoms with van der Waals surface area (Å²) in [6.45, 7) is 1.86. The Hall–Kier alpha value is -3.13. The number of thiocarbonyl (C=S) groups is 1. The normalized spacial score (nSPS) is 14.6. The lowest BCUT2D eigenvalue weighted by molar-refractivity contribution is -0.118. The van der Waals surface area contributed by atoms with E-state index in [2.05, 4.69) is 5.32 Å². The largest absolute Gasteiger partial charge is 0.484 e. The monoisotopic (exact) mass is 494 g/mol. The Bertz CT molecular complexity index is 1240. The molecule has 33 heavy (non-hydrogen) atoms. The fourth-order valence-corrected chi connectivity index (χ4v) is 4.60. The summed E-state index contributed by atoms with van der Waals surface area (Å²) in [7, 11) is 0. The molecule has 8 heteroatoms. The van der Waals surface area contributed by atoms with E-state index in [0.29, 0.717) is 25.7 Å². The highest BCUT2D eigenvalue weighted by Crippen LogP contribution is 2.36. The summed E-state index contributed by atoms with van der Waals surface area (Å²) in [5, 5.41) is 3.27. The highest BCUT2D eigenvalue weighted by Gasteiger charge is 2.33. The fourth-order valence-electron chi connectivity index (χ4n) is 3.11. The van der Waals surface area contributed by atoms with Crippen LogP contribution < -0.4 is 15.0 Å². The van der Waals surface area contributed by atoms with E-state index in [0.717, 1.165) is 16.8 Å². The molecule has 0 aromatic heterocycles. The Balaban J connectivity index is 1.37. The third kappa shape index (κ3) is 5.82. The molecule has 1 heterocycles. The van der Waals surface area contributed by atoms with Crippen LogP contribution in [0.4, 0.5) is 11.4 Å². The molecule has 4 rings (SSSR count). The molecular formula is C25H19ClN2O3S2. The van der Waals surface area contributed by atoms with Crippen LogP contribution in [0, 0.1) is 6.92 Å². The summed E-state index contributed by atoms with van der Waals surface area (Å²) < 4.78 is 6.05. The van der Waals surface area contributed by atoms with Gasteiger partial charge in [0.25, 0.3) is 11.8 Å². The number of aryl methyl sites for hydroxylation is 1. The van der Waals surface area contributed by atoms with E-state index in [4.69, 9.17) is 28.6 Å². The molecule has 1 aliphatic heterocycles. The summed E-state index contributed by atoms with van der Waals surface area (Å²) in [5.41, 5.74) is 3.31. The molecule has 1 aliphatic rings. The highest BCUT2D eigenvalue weighted by atomic mass is 35.5. The van der Waals surface area contributed by atoms with Gasteiger partial charge >= 0.3 is 0 Å². The number of carbonyl (C=O) groups is 2. The molecule has 1 N–H and O–H groups in total. The van der Waals surface area contributed by atoms with Gasteiger partial charge in [0.15, 0.2) is 10.9 Å². The second-order valence-corrected chi connectivity index (χ2v) is 9.38. The van der Waals surface area contributed by atoms with Crippen LogP contribution in [0.15, 0.2) is 77.7 Å². The van der Waals surface area contributed by atoms with Crippen molar-refractivity contribution >= 4 is 69.2 Å². The van der Waals surface area contributed by atoms with Crippen molar-refractivity contribution < 1.29 is 14.3 Å². The summed E-state index contributed by atoms with van der Waals surface area (Å²) in [6.07, 6.45) is 1.79. The standard InChI is InChI=1S/C25H19ClN2O3S2/c1-16-5-9-20(10-6-16)28-24(30)22(33-25(28)32)13-17-7-11-21(12-8-17)31-15-23(29)27-19-4-2-3-18(26)14-19/h2-14H,15H2,1H3,(H,27,29)/b22-13-. The van der Waals surface area contributed by atoms with E-state index in [1.54, 1.807) is 47.4 Å². The minimum atomic E-state index is -0.291. The summed E-state index contributed by atoms with van der Waals surface area (Å²) in [4.78, 5) is 27.1. The first-order valence-electron chi connectivity index (χ1n) is 10.0. The number of anilines is 2. The zero-order valence-electron chi connectivity index (χ0n) is 17.6. The number of hydrogen-bond donors (Lipinski definition) is 1. The number of hydrogen-bond acceptors (Lipinski definition) is 5. The van der Waals surface area contributed by atoms with Crippen LogP contribution in [-0.4, -0.2) is 22.7 Å². The van der Waals surface area contributed by atoms with Crippen molar-refractivity contribution in [3.63, 3.8) is 0 Å². The second-order valence-electron chi connectivity index (χ2n) is 7.27. The van der Waals surface area contributed by atoms with E-state index in [1.807, 2.05) is 43.3 Å². The Morgan fingerprint density at radius 3 is 2.55 bits per heavy atom. The number of nitrogens with one attached hydrogen (secondary N) is 1. The van der Waals surface area contributed by atoms with Gasteiger partial charge < -0.3 is 10.1 Å². The zero-order chi connectivity index (χ0) is 23.4. The van der Waals surface area contributed by atoms with Crippen LogP contribution in [0.25, 0.3) is 6.08 Å². The number of amides is 2. The van der Waals surface area contributed by atoms with Gasteiger partial charge in [-0.1, -0.05) is 71.5 Å². The number of rotatable bonds is 6. The molecule has 0 atom stereocenters. The van der Waals surface area contributed by atoms with E-state index in [1.165, 1.54) is 11.8 Å². The Kier molecular flexibility index (Phi) is 7.13. The molecule has 2 amide bonds. The molecule has 3 aromatic rings. The molecule has 0 saturated carbocycles. The van der Waals surface area contributed by atoms with Crippen molar-refractivity contribution in [1.29, 1.82) is 0 Å². The minimum absolute atomic E-state index is 0.138. The lowest BCUT2D eigenvalue weighted by Crippen LogP contribution is -2.27. The molecule has 0 unspecified atom stereocenters. The molecule has 0 aliphatic carbocycles. The average Bonchev–Trinajstić information content (AvgIpc) is 3.07. The third-order valence-electron chi connectivity index (χ3n) is 4.74. The van der Waals surface area contributed by atoms with Crippen molar-refractivity contribution in [1.82, 2.24) is 0 Å². The molecule has 0 spiro atoms. The Labute approximate surface area is 206 Å². The van der Waals surface area contributed by atoms with Crippen molar-refractivity contribution in [2.24, 2.45) is 0 Å². The number of nitrogens with zero attached hydrogens (tertiary/aromatic N) is 1. The van der Waals surface area contributed by atoms with Crippen LogP contribution >= 0.6 is 35.6 Å². The summed E-state index contributed by atoms with van der Waals surface area (Å²) >= 11 is 12.6. The van der Waals surface area contributed by atoms with Crippen LogP contribution in [0.3, 0.4) is 0 Å². The van der Waals surface area contributed by atoms with Crippen molar-refractivity contribution in [3.05, 3.63) is 93.9 Å². The maximum absolute atomic E-state index is 12.9. The lowest BCUT2D eigenvalue weighted by Gasteiger charge is -2.14. The van der Waals surface area contributed by atoms with Crippen LogP contribution in [0.5, 0.6) is 5.75 Å². The van der Waals surface area contributed by atoms with Crippen molar-refractivity contribution in [3.8, 4) is 5.75 Å². The third-order valence-corrected chi connectivity index (χ3v) is 6.28. The summed E-state index contributed by atoms with van der Waals surface area (Å²) in [6, 6.07) is 21.7. The molecule has 0 radical (unpaired) electrons. The van der Waals surface area contributed by atoms with Gasteiger partial charge in [-0.25, -0.2) is 0 Å². The minimum Gasteiger partial charge on any atom is -0.484 e. The molecule has 166 valence electrons. The molecule has 0 bridgehead atoms. The Morgan fingerprint density at radius 1 is 1.12 bits per heavy atom. The van der Waals surface area contributed by atoms with E-state index in [-0.39, 0.29) is 18.4 Å². The van der Waals surface area contributed by atoms with E-state index in [9.17, 15) is 9.59 Å². The SMILES string of the molecule is Cc1ccc(N2C(=O)/C(=C/c3ccc(OCC(=O)Nc4cccc(Cl)c4)cc3)SC2=S)cc1. The Morgan fingerprint density at radius 2 is 1.85 bits per heavy atom. The average molecular weight is 495 g/mol. The quantitative estimate of drug-likeness (QED) is 0.333. The predicted octanol–water partition coefficient (Wildman–Crippen LogP) is 6.07.